The second-order valence-electron chi connectivity index (χ2n) is 4.90. The number of aliphatic hydroxyl groups is 1. The van der Waals surface area contributed by atoms with Gasteiger partial charge in [-0.2, -0.15) is 0 Å². The number of aromatic nitrogens is 2. The van der Waals surface area contributed by atoms with Crippen molar-refractivity contribution in [2.45, 2.75) is 30.5 Å². The van der Waals surface area contributed by atoms with E-state index in [1.807, 2.05) is 17.8 Å². The van der Waals surface area contributed by atoms with E-state index in [-0.39, 0.29) is 12.1 Å². The number of piperidine rings is 1. The van der Waals surface area contributed by atoms with Gasteiger partial charge in [0.25, 0.3) is 0 Å². The first kappa shape index (κ1) is 10.3. The number of aryl methyl sites for hydroxylation is 1. The Morgan fingerprint density at radius 1 is 1.50 bits per heavy atom. The van der Waals surface area contributed by atoms with Gasteiger partial charge < -0.3 is 19.7 Å². The van der Waals surface area contributed by atoms with Crippen molar-refractivity contribution in [3.63, 3.8) is 0 Å². The Balaban J connectivity index is 1.91. The Hall–Kier alpha value is -0.910. The molecule has 5 nitrogen and oxygen atoms in total. The van der Waals surface area contributed by atoms with Crippen LogP contribution in [-0.4, -0.2) is 40.0 Å². The molecule has 2 atom stereocenters. The highest BCUT2D eigenvalue weighted by atomic mass is 16.5. The molecule has 2 unspecified atom stereocenters. The third kappa shape index (κ3) is 1.55. The number of hydrogen-bond acceptors (Lipinski definition) is 4. The SMILES string of the molecule is Cn1ccnc1C1(O)CC2COCC(C1)N2. The lowest BCUT2D eigenvalue weighted by Gasteiger charge is -2.44. The first-order valence-corrected chi connectivity index (χ1v) is 5.71. The Labute approximate surface area is 94.4 Å². The summed E-state index contributed by atoms with van der Waals surface area (Å²) in [4.78, 5) is 4.28. The quantitative estimate of drug-likeness (QED) is 0.690. The van der Waals surface area contributed by atoms with Gasteiger partial charge in [-0.1, -0.05) is 0 Å². The molecule has 0 spiro atoms. The maximum absolute atomic E-state index is 10.7. The van der Waals surface area contributed by atoms with Gasteiger partial charge in [-0.3, -0.25) is 0 Å². The van der Waals surface area contributed by atoms with Crippen LogP contribution in [0.4, 0.5) is 0 Å². The molecule has 1 aromatic rings. The van der Waals surface area contributed by atoms with Crippen LogP contribution in [0.1, 0.15) is 18.7 Å². The first-order chi connectivity index (χ1) is 7.67. The van der Waals surface area contributed by atoms with Crippen LogP contribution in [0.25, 0.3) is 0 Å². The van der Waals surface area contributed by atoms with Crippen molar-refractivity contribution in [3.05, 3.63) is 18.2 Å². The van der Waals surface area contributed by atoms with Crippen molar-refractivity contribution in [1.82, 2.24) is 14.9 Å². The van der Waals surface area contributed by atoms with Crippen LogP contribution in [0.3, 0.4) is 0 Å². The van der Waals surface area contributed by atoms with E-state index in [9.17, 15) is 5.11 Å². The molecule has 2 aliphatic rings. The highest BCUT2D eigenvalue weighted by molar-refractivity contribution is 5.10. The molecule has 5 heteroatoms. The smallest absolute Gasteiger partial charge is 0.140 e. The molecule has 2 fully saturated rings. The van der Waals surface area contributed by atoms with Gasteiger partial charge in [-0.05, 0) is 0 Å². The zero-order chi connectivity index (χ0) is 11.2. The number of morpholine rings is 1. The lowest BCUT2D eigenvalue weighted by molar-refractivity contribution is -0.0859. The number of ether oxygens (including phenoxy) is 1. The lowest BCUT2D eigenvalue weighted by Crippen LogP contribution is -2.59. The minimum Gasteiger partial charge on any atom is -0.382 e. The van der Waals surface area contributed by atoms with Crippen molar-refractivity contribution in [1.29, 1.82) is 0 Å². The van der Waals surface area contributed by atoms with Crippen LogP contribution < -0.4 is 5.32 Å². The normalized spacial score (nSPS) is 38.6. The monoisotopic (exact) mass is 223 g/mol. The van der Waals surface area contributed by atoms with E-state index in [1.54, 1.807) is 6.20 Å². The van der Waals surface area contributed by atoms with Gasteiger partial charge in [0.1, 0.15) is 11.4 Å². The zero-order valence-corrected chi connectivity index (χ0v) is 9.39. The van der Waals surface area contributed by atoms with Gasteiger partial charge in [0.15, 0.2) is 0 Å². The van der Waals surface area contributed by atoms with E-state index in [1.165, 1.54) is 0 Å². The van der Waals surface area contributed by atoms with Crippen molar-refractivity contribution in [3.8, 4) is 0 Å². The number of fused-ring (bicyclic) bond motifs is 2. The Morgan fingerprint density at radius 2 is 2.19 bits per heavy atom. The van der Waals surface area contributed by atoms with E-state index < -0.39 is 5.60 Å². The standard InChI is InChI=1S/C11H17N3O2/c1-14-3-2-12-10(14)11(15)4-8-6-16-7-9(5-11)13-8/h2-3,8-9,13,15H,4-7H2,1H3. The predicted octanol–water partition coefficient (Wildman–Crippen LogP) is -0.242. The molecular weight excluding hydrogens is 206 g/mol. The van der Waals surface area contributed by atoms with Crippen LogP contribution >= 0.6 is 0 Å². The van der Waals surface area contributed by atoms with Crippen LogP contribution in [0.2, 0.25) is 0 Å². The van der Waals surface area contributed by atoms with Gasteiger partial charge in [0.2, 0.25) is 0 Å². The molecule has 3 rings (SSSR count). The summed E-state index contributed by atoms with van der Waals surface area (Å²) in [5, 5.41) is 14.2. The molecular formula is C11H17N3O2. The summed E-state index contributed by atoms with van der Waals surface area (Å²) >= 11 is 0. The molecule has 16 heavy (non-hydrogen) atoms. The number of rotatable bonds is 1. The van der Waals surface area contributed by atoms with Crippen molar-refractivity contribution in [2.75, 3.05) is 13.2 Å². The van der Waals surface area contributed by atoms with Crippen LogP contribution in [0.5, 0.6) is 0 Å². The number of nitrogens with one attached hydrogen (secondary N) is 1. The topological polar surface area (TPSA) is 59.3 Å². The highest BCUT2D eigenvalue weighted by Gasteiger charge is 2.44. The lowest BCUT2D eigenvalue weighted by atomic mass is 9.82. The van der Waals surface area contributed by atoms with Gasteiger partial charge in [-0.15, -0.1) is 0 Å². The van der Waals surface area contributed by atoms with Crippen molar-refractivity contribution < 1.29 is 9.84 Å². The number of nitrogens with zero attached hydrogens (tertiary/aromatic N) is 2. The van der Waals surface area contributed by atoms with E-state index in [2.05, 4.69) is 10.3 Å². The van der Waals surface area contributed by atoms with Crippen LogP contribution in [0.15, 0.2) is 12.4 Å². The van der Waals surface area contributed by atoms with Gasteiger partial charge in [0, 0.05) is 44.4 Å². The maximum Gasteiger partial charge on any atom is 0.140 e. The molecule has 0 amide bonds. The Bertz CT molecular complexity index is 378. The summed E-state index contributed by atoms with van der Waals surface area (Å²) in [6.45, 7) is 1.37. The number of hydrogen-bond donors (Lipinski definition) is 2. The van der Waals surface area contributed by atoms with Crippen LogP contribution in [-0.2, 0) is 17.4 Å². The predicted molar refractivity (Wildman–Crippen MR) is 57.9 cm³/mol. The Kier molecular flexibility index (Phi) is 2.27. The minimum absolute atomic E-state index is 0.245. The van der Waals surface area contributed by atoms with E-state index in [0.29, 0.717) is 26.1 Å². The highest BCUT2D eigenvalue weighted by Crippen LogP contribution is 2.35. The molecule has 88 valence electrons. The summed E-state index contributed by atoms with van der Waals surface area (Å²) in [5.74, 6) is 0.769. The van der Waals surface area contributed by atoms with E-state index in [0.717, 1.165) is 5.82 Å². The molecule has 0 aromatic carbocycles. The van der Waals surface area contributed by atoms with Gasteiger partial charge >= 0.3 is 0 Å². The second kappa shape index (κ2) is 3.55. The molecule has 3 heterocycles. The summed E-state index contributed by atoms with van der Waals surface area (Å²) in [5.41, 5.74) is -0.803. The van der Waals surface area contributed by atoms with Gasteiger partial charge in [0.05, 0.1) is 13.2 Å². The minimum atomic E-state index is -0.803. The third-order valence-corrected chi connectivity index (χ3v) is 3.52. The fourth-order valence-corrected chi connectivity index (χ4v) is 2.91. The average molecular weight is 223 g/mol. The summed E-state index contributed by atoms with van der Waals surface area (Å²) < 4.78 is 7.38. The van der Waals surface area contributed by atoms with Crippen LogP contribution in [0, 0.1) is 0 Å². The molecule has 2 saturated heterocycles. The number of imidazole rings is 1. The fraction of sp³-hybridized carbons (Fsp3) is 0.727. The Morgan fingerprint density at radius 3 is 2.75 bits per heavy atom. The van der Waals surface area contributed by atoms with Crippen molar-refractivity contribution in [2.24, 2.45) is 7.05 Å². The van der Waals surface area contributed by atoms with E-state index >= 15 is 0 Å². The maximum atomic E-state index is 10.7. The third-order valence-electron chi connectivity index (χ3n) is 3.52. The molecule has 0 aliphatic carbocycles. The fourth-order valence-electron chi connectivity index (χ4n) is 2.91. The van der Waals surface area contributed by atoms with Gasteiger partial charge in [-0.25, -0.2) is 4.98 Å². The summed E-state index contributed by atoms with van der Waals surface area (Å²) in [7, 11) is 1.93. The average Bonchev–Trinajstić information content (AvgIpc) is 2.64. The molecule has 1 aromatic heterocycles. The van der Waals surface area contributed by atoms with Crippen molar-refractivity contribution >= 4 is 0 Å². The largest absolute Gasteiger partial charge is 0.382 e. The zero-order valence-electron chi connectivity index (χ0n) is 9.39. The molecule has 0 radical (unpaired) electrons. The molecule has 0 saturated carbocycles. The molecule has 2 bridgehead atoms. The summed E-state index contributed by atoms with van der Waals surface area (Å²) in [6, 6.07) is 0.489. The van der Waals surface area contributed by atoms with E-state index in [4.69, 9.17) is 4.74 Å². The molecule has 2 N–H and O–H groups in total. The molecule has 2 aliphatic heterocycles. The second-order valence-corrected chi connectivity index (χ2v) is 4.90. The first-order valence-electron chi connectivity index (χ1n) is 5.71. The summed E-state index contributed by atoms with van der Waals surface area (Å²) in [6.07, 6.45) is 4.96.